The van der Waals surface area contributed by atoms with E-state index in [2.05, 4.69) is 12.4 Å². The molecule has 29 heavy (non-hydrogen) atoms. The summed E-state index contributed by atoms with van der Waals surface area (Å²) in [6.45, 7) is 2.81. The second-order valence-electron chi connectivity index (χ2n) is 6.98. The molecular weight excluding hydrogens is 372 g/mol. The lowest BCUT2D eigenvalue weighted by Gasteiger charge is -2.30. The number of nitro groups is 1. The van der Waals surface area contributed by atoms with Crippen molar-refractivity contribution in [2.75, 3.05) is 33.2 Å². The van der Waals surface area contributed by atoms with Crippen molar-refractivity contribution in [1.82, 2.24) is 10.2 Å². The molecule has 0 bridgehead atoms. The Morgan fingerprint density at radius 3 is 2.45 bits per heavy atom. The molecule has 2 aromatic rings. The Hall–Kier alpha value is -3.52. The summed E-state index contributed by atoms with van der Waals surface area (Å²) in [4.78, 5) is 39.3. The molecule has 0 spiro atoms. The topological polar surface area (TPSA) is 97.0 Å². The predicted molar refractivity (Wildman–Crippen MR) is 108 cm³/mol. The van der Waals surface area contributed by atoms with Gasteiger partial charge in [0.2, 0.25) is 0 Å². The van der Waals surface area contributed by atoms with E-state index in [1.165, 1.54) is 23.1 Å². The third kappa shape index (κ3) is 5.26. The highest BCUT2D eigenvalue weighted by atomic mass is 16.6. The van der Waals surface area contributed by atoms with Crippen LogP contribution in [0.15, 0.2) is 60.3 Å². The van der Waals surface area contributed by atoms with Crippen molar-refractivity contribution < 1.29 is 19.4 Å². The minimum absolute atomic E-state index is 0.0804. The van der Waals surface area contributed by atoms with Gasteiger partial charge in [0.15, 0.2) is 0 Å². The number of piperazine rings is 1. The number of carbonyl (C=O) groups is 2. The molecule has 0 unspecified atom stereocenters. The first-order valence-corrected chi connectivity index (χ1v) is 9.37. The molecule has 1 fully saturated rings. The number of benzene rings is 2. The molecule has 8 heteroatoms. The van der Waals surface area contributed by atoms with Crippen LogP contribution in [0, 0.1) is 10.1 Å². The van der Waals surface area contributed by atoms with E-state index in [4.69, 9.17) is 0 Å². The van der Waals surface area contributed by atoms with Gasteiger partial charge in [-0.05, 0) is 23.8 Å². The van der Waals surface area contributed by atoms with Gasteiger partial charge in [0.1, 0.15) is 5.70 Å². The maximum atomic E-state index is 13.1. The zero-order chi connectivity index (χ0) is 20.8. The fourth-order valence-electron chi connectivity index (χ4n) is 3.09. The number of hydrogen-bond donors (Lipinski definition) is 2. The smallest absolute Gasteiger partial charge is 0.270 e. The van der Waals surface area contributed by atoms with E-state index < -0.39 is 10.8 Å². The van der Waals surface area contributed by atoms with Crippen molar-refractivity contribution in [3.05, 3.63) is 81.5 Å². The lowest BCUT2D eigenvalue weighted by molar-refractivity contribution is -0.883. The number of nitro benzene ring substituents is 1. The molecule has 150 valence electrons. The van der Waals surface area contributed by atoms with E-state index in [0.717, 1.165) is 13.1 Å². The highest BCUT2D eigenvalue weighted by molar-refractivity contribution is 6.05. The summed E-state index contributed by atoms with van der Waals surface area (Å²) >= 11 is 0. The number of nitrogens with zero attached hydrogens (tertiary/aromatic N) is 2. The van der Waals surface area contributed by atoms with Crippen LogP contribution >= 0.6 is 0 Å². The first-order valence-electron chi connectivity index (χ1n) is 9.37. The zero-order valence-electron chi connectivity index (χ0n) is 16.1. The van der Waals surface area contributed by atoms with Gasteiger partial charge >= 0.3 is 0 Å². The number of likely N-dealkylation sites (N-methyl/N-ethyl adjacent to an activating group) is 1. The molecule has 0 saturated carbocycles. The summed E-state index contributed by atoms with van der Waals surface area (Å²) in [7, 11) is 2.07. The summed E-state index contributed by atoms with van der Waals surface area (Å²) in [6, 6.07) is 14.5. The summed E-state index contributed by atoms with van der Waals surface area (Å²) in [5.74, 6) is -0.705. The second-order valence-corrected chi connectivity index (χ2v) is 6.98. The molecule has 0 atom stereocenters. The van der Waals surface area contributed by atoms with E-state index in [1.807, 2.05) is 0 Å². The summed E-state index contributed by atoms with van der Waals surface area (Å²) < 4.78 is 0. The van der Waals surface area contributed by atoms with Gasteiger partial charge in [0.05, 0.1) is 38.2 Å². The molecule has 2 aromatic carbocycles. The first kappa shape index (κ1) is 20.2. The number of amides is 2. The highest BCUT2D eigenvalue weighted by Crippen LogP contribution is 2.16. The third-order valence-electron chi connectivity index (χ3n) is 4.81. The van der Waals surface area contributed by atoms with Crippen molar-refractivity contribution in [2.24, 2.45) is 0 Å². The Morgan fingerprint density at radius 2 is 1.79 bits per heavy atom. The Morgan fingerprint density at radius 1 is 1.10 bits per heavy atom. The Kier molecular flexibility index (Phi) is 6.36. The SMILES string of the molecule is C[NH+]1CCN(C(=O)/C(=C/c2cccc([N+](=O)[O-])c2)NC(=O)c2ccccc2)CC1. The number of hydrogen-bond acceptors (Lipinski definition) is 4. The largest absolute Gasteiger partial charge is 0.334 e. The average molecular weight is 395 g/mol. The Balaban J connectivity index is 1.90. The van der Waals surface area contributed by atoms with Gasteiger partial charge in [0.25, 0.3) is 17.5 Å². The standard InChI is InChI=1S/C21H22N4O4/c1-23-10-12-24(13-11-23)21(27)19(22-20(26)17-7-3-2-4-8-17)15-16-6-5-9-18(14-16)25(28)29/h2-9,14-15H,10-13H2,1H3,(H,22,26)/p+1/b19-15-. The van der Waals surface area contributed by atoms with Crippen LogP contribution < -0.4 is 10.2 Å². The van der Waals surface area contributed by atoms with E-state index in [-0.39, 0.29) is 17.3 Å². The summed E-state index contributed by atoms with van der Waals surface area (Å²) in [5, 5.41) is 13.7. The van der Waals surface area contributed by atoms with Crippen molar-refractivity contribution in [3.8, 4) is 0 Å². The van der Waals surface area contributed by atoms with Crippen LogP contribution in [0.25, 0.3) is 6.08 Å². The molecule has 1 heterocycles. The lowest BCUT2D eigenvalue weighted by Crippen LogP contribution is -3.12. The van der Waals surface area contributed by atoms with Crippen LogP contribution in [0.1, 0.15) is 15.9 Å². The van der Waals surface area contributed by atoms with E-state index in [9.17, 15) is 19.7 Å². The molecular formula is C21H23N4O4+. The molecule has 1 aliphatic rings. The van der Waals surface area contributed by atoms with Crippen molar-refractivity contribution in [2.45, 2.75) is 0 Å². The van der Waals surface area contributed by atoms with E-state index in [0.29, 0.717) is 24.2 Å². The highest BCUT2D eigenvalue weighted by Gasteiger charge is 2.25. The number of nitrogens with one attached hydrogen (secondary N) is 2. The molecule has 3 rings (SSSR count). The minimum Gasteiger partial charge on any atom is -0.334 e. The molecule has 8 nitrogen and oxygen atoms in total. The van der Waals surface area contributed by atoms with E-state index in [1.54, 1.807) is 47.4 Å². The van der Waals surface area contributed by atoms with Crippen LogP contribution in [-0.2, 0) is 4.79 Å². The molecule has 0 aliphatic carbocycles. The van der Waals surface area contributed by atoms with Crippen molar-refractivity contribution in [3.63, 3.8) is 0 Å². The van der Waals surface area contributed by atoms with Gasteiger partial charge in [0, 0.05) is 17.7 Å². The van der Waals surface area contributed by atoms with Crippen LogP contribution in [0.3, 0.4) is 0 Å². The monoisotopic (exact) mass is 395 g/mol. The number of non-ortho nitro benzene ring substituents is 1. The predicted octanol–water partition coefficient (Wildman–Crippen LogP) is 0.723. The molecule has 0 aromatic heterocycles. The van der Waals surface area contributed by atoms with Gasteiger partial charge in [-0.2, -0.15) is 0 Å². The van der Waals surface area contributed by atoms with Gasteiger partial charge in [-0.25, -0.2) is 0 Å². The molecule has 1 aliphatic heterocycles. The minimum atomic E-state index is -0.495. The number of quaternary nitrogens is 1. The van der Waals surface area contributed by atoms with Crippen LogP contribution in [-0.4, -0.2) is 54.9 Å². The fraction of sp³-hybridized carbons (Fsp3) is 0.238. The average Bonchev–Trinajstić information content (AvgIpc) is 2.74. The molecule has 1 saturated heterocycles. The van der Waals surface area contributed by atoms with Crippen molar-refractivity contribution in [1.29, 1.82) is 0 Å². The number of rotatable bonds is 5. The van der Waals surface area contributed by atoms with Crippen LogP contribution in [0.5, 0.6) is 0 Å². The second kappa shape index (κ2) is 9.11. The lowest BCUT2D eigenvalue weighted by atomic mass is 10.1. The van der Waals surface area contributed by atoms with Gasteiger partial charge in [-0.3, -0.25) is 19.7 Å². The third-order valence-corrected chi connectivity index (χ3v) is 4.81. The van der Waals surface area contributed by atoms with Gasteiger partial charge in [-0.15, -0.1) is 0 Å². The van der Waals surface area contributed by atoms with Crippen LogP contribution in [0.4, 0.5) is 5.69 Å². The first-order chi connectivity index (χ1) is 13.9. The molecule has 0 radical (unpaired) electrons. The summed E-state index contributed by atoms with van der Waals surface area (Å²) in [5.41, 5.74) is 0.908. The molecule has 2 amide bonds. The summed E-state index contributed by atoms with van der Waals surface area (Å²) in [6.07, 6.45) is 1.49. The normalized spacial score (nSPS) is 15.1. The maximum absolute atomic E-state index is 13.1. The van der Waals surface area contributed by atoms with Gasteiger partial charge in [-0.1, -0.05) is 30.3 Å². The zero-order valence-corrected chi connectivity index (χ0v) is 16.1. The van der Waals surface area contributed by atoms with Crippen molar-refractivity contribution >= 4 is 23.6 Å². The Bertz CT molecular complexity index is 935. The Labute approximate surface area is 168 Å². The number of carbonyl (C=O) groups excluding carboxylic acids is 2. The quantitative estimate of drug-likeness (QED) is 0.443. The van der Waals surface area contributed by atoms with Crippen LogP contribution in [0.2, 0.25) is 0 Å². The molecule has 2 N–H and O–H groups in total. The van der Waals surface area contributed by atoms with Gasteiger partial charge < -0.3 is 15.1 Å². The maximum Gasteiger partial charge on any atom is 0.270 e. The fourth-order valence-corrected chi connectivity index (χ4v) is 3.09. The van der Waals surface area contributed by atoms with E-state index >= 15 is 0 Å².